The van der Waals surface area contributed by atoms with Crippen LogP contribution in [0.5, 0.6) is 5.75 Å². The molecule has 2 aliphatic rings. The van der Waals surface area contributed by atoms with Crippen LogP contribution in [0.15, 0.2) is 29.8 Å². The Morgan fingerprint density at radius 2 is 1.77 bits per heavy atom. The zero-order valence-electron chi connectivity index (χ0n) is 14.3. The average Bonchev–Trinajstić information content (AvgIpc) is 2.64. The minimum absolute atomic E-state index is 0.318. The number of allylic oxidation sites excluding steroid dienone is 1. The molecule has 0 aromatic heterocycles. The Hall–Kier alpha value is -1.24. The topological polar surface area (TPSA) is 27.7 Å². The van der Waals surface area contributed by atoms with Crippen LogP contribution in [0.25, 0.3) is 0 Å². The average molecular weight is 391 g/mol. The van der Waals surface area contributed by atoms with Gasteiger partial charge in [-0.15, -0.1) is 0 Å². The standard InChI is InChI=1S/C19H22ClF3O3/c20-8-7-12-1-3-13(4-2-12)15-10-24-18(25-11-15)14-5-6-17(16(21)9-14)26-19(22)23/h5-9,12-13,15,18-19H,1-4,10-11H2/b8-7+/t12-,13-,15-,18-. The zero-order chi connectivity index (χ0) is 18.5. The van der Waals surface area contributed by atoms with Crippen LogP contribution in [-0.4, -0.2) is 19.8 Å². The number of hydrogen-bond acceptors (Lipinski definition) is 3. The number of halogens is 4. The highest BCUT2D eigenvalue weighted by Crippen LogP contribution is 2.38. The van der Waals surface area contributed by atoms with Gasteiger partial charge in [-0.3, -0.25) is 0 Å². The molecule has 1 saturated heterocycles. The second-order valence-corrected chi connectivity index (χ2v) is 7.07. The molecule has 26 heavy (non-hydrogen) atoms. The van der Waals surface area contributed by atoms with E-state index >= 15 is 0 Å². The van der Waals surface area contributed by atoms with Crippen molar-refractivity contribution in [1.82, 2.24) is 0 Å². The van der Waals surface area contributed by atoms with Crippen LogP contribution in [0, 0.1) is 23.6 Å². The SMILES string of the molecule is Fc1cc([C@H]2OC[C@H]([C@H]3CC[C@H](/C=C/Cl)CC3)CO2)ccc1OC(F)F. The molecule has 3 rings (SSSR count). The molecule has 1 aliphatic heterocycles. The van der Waals surface area contributed by atoms with Crippen LogP contribution < -0.4 is 4.74 Å². The lowest BCUT2D eigenvalue weighted by Gasteiger charge is -2.37. The van der Waals surface area contributed by atoms with Crippen LogP contribution in [0.3, 0.4) is 0 Å². The highest BCUT2D eigenvalue weighted by atomic mass is 35.5. The third kappa shape index (κ3) is 4.93. The van der Waals surface area contributed by atoms with Crippen molar-refractivity contribution in [2.45, 2.75) is 38.6 Å². The first-order valence-electron chi connectivity index (χ1n) is 8.81. The van der Waals surface area contributed by atoms with Crippen molar-refractivity contribution >= 4 is 11.6 Å². The summed E-state index contributed by atoms with van der Waals surface area (Å²) in [7, 11) is 0. The molecule has 0 bridgehead atoms. The van der Waals surface area contributed by atoms with Crippen LogP contribution in [0.2, 0.25) is 0 Å². The molecule has 0 radical (unpaired) electrons. The van der Waals surface area contributed by atoms with E-state index in [2.05, 4.69) is 10.8 Å². The van der Waals surface area contributed by atoms with E-state index in [1.54, 1.807) is 5.54 Å². The summed E-state index contributed by atoms with van der Waals surface area (Å²) in [5.74, 6) is 0.0785. The Labute approximate surface area is 156 Å². The van der Waals surface area contributed by atoms with Crippen molar-refractivity contribution in [2.24, 2.45) is 17.8 Å². The van der Waals surface area contributed by atoms with Crippen molar-refractivity contribution in [3.8, 4) is 5.75 Å². The smallest absolute Gasteiger partial charge is 0.387 e. The van der Waals surface area contributed by atoms with E-state index in [4.69, 9.17) is 21.1 Å². The molecule has 1 aromatic carbocycles. The summed E-state index contributed by atoms with van der Waals surface area (Å²) in [5.41, 5.74) is 2.05. The van der Waals surface area contributed by atoms with Gasteiger partial charge in [0.1, 0.15) is 0 Å². The summed E-state index contributed by atoms with van der Waals surface area (Å²) in [4.78, 5) is 0. The normalized spacial score (nSPS) is 30.0. The molecular formula is C19H22ClF3O3. The van der Waals surface area contributed by atoms with Gasteiger partial charge in [0.15, 0.2) is 17.9 Å². The van der Waals surface area contributed by atoms with Gasteiger partial charge < -0.3 is 14.2 Å². The van der Waals surface area contributed by atoms with Gasteiger partial charge in [0.2, 0.25) is 0 Å². The van der Waals surface area contributed by atoms with Crippen molar-refractivity contribution in [3.05, 3.63) is 41.2 Å². The maximum absolute atomic E-state index is 13.8. The number of benzene rings is 1. The Morgan fingerprint density at radius 3 is 2.35 bits per heavy atom. The molecule has 1 saturated carbocycles. The van der Waals surface area contributed by atoms with E-state index < -0.39 is 24.5 Å². The Bertz CT molecular complexity index is 610. The lowest BCUT2D eigenvalue weighted by Crippen LogP contribution is -2.34. The molecule has 7 heteroatoms. The van der Waals surface area contributed by atoms with Crippen molar-refractivity contribution in [3.63, 3.8) is 0 Å². The molecular weight excluding hydrogens is 369 g/mol. The second-order valence-electron chi connectivity index (χ2n) is 6.82. The van der Waals surface area contributed by atoms with Crippen molar-refractivity contribution < 1.29 is 27.4 Å². The molecule has 1 aliphatic carbocycles. The van der Waals surface area contributed by atoms with Crippen LogP contribution >= 0.6 is 11.6 Å². The first-order chi connectivity index (χ1) is 12.6. The quantitative estimate of drug-likeness (QED) is 0.650. The summed E-state index contributed by atoms with van der Waals surface area (Å²) >= 11 is 5.65. The molecule has 1 heterocycles. The zero-order valence-corrected chi connectivity index (χ0v) is 15.0. The maximum atomic E-state index is 13.8. The first-order valence-corrected chi connectivity index (χ1v) is 9.24. The van der Waals surface area contributed by atoms with Gasteiger partial charge in [-0.05, 0) is 49.7 Å². The van der Waals surface area contributed by atoms with Crippen LogP contribution in [-0.2, 0) is 9.47 Å². The predicted octanol–water partition coefficient (Wildman–Crippen LogP) is 5.65. The van der Waals surface area contributed by atoms with Gasteiger partial charge in [0.05, 0.1) is 13.2 Å². The lowest BCUT2D eigenvalue weighted by atomic mass is 9.76. The van der Waals surface area contributed by atoms with Crippen LogP contribution in [0.1, 0.15) is 37.5 Å². The van der Waals surface area contributed by atoms with E-state index in [9.17, 15) is 13.2 Å². The highest BCUT2D eigenvalue weighted by Gasteiger charge is 2.32. The molecule has 0 N–H and O–H groups in total. The summed E-state index contributed by atoms with van der Waals surface area (Å²) in [6, 6.07) is 3.77. The number of hydrogen-bond donors (Lipinski definition) is 0. The summed E-state index contributed by atoms with van der Waals surface area (Å²) in [5, 5.41) is 0. The Morgan fingerprint density at radius 1 is 1.08 bits per heavy atom. The number of alkyl halides is 2. The van der Waals surface area contributed by atoms with E-state index in [-0.39, 0.29) is 0 Å². The number of ether oxygens (including phenoxy) is 3. The van der Waals surface area contributed by atoms with Gasteiger partial charge in [-0.1, -0.05) is 23.7 Å². The molecule has 144 valence electrons. The number of rotatable bonds is 5. The van der Waals surface area contributed by atoms with Gasteiger partial charge in [0.25, 0.3) is 0 Å². The molecule has 0 spiro atoms. The molecule has 0 atom stereocenters. The minimum atomic E-state index is -3.06. The van der Waals surface area contributed by atoms with E-state index in [0.717, 1.165) is 31.7 Å². The second kappa shape index (κ2) is 9.11. The first kappa shape index (κ1) is 19.5. The fourth-order valence-electron chi connectivity index (χ4n) is 3.75. The summed E-state index contributed by atoms with van der Waals surface area (Å²) < 4.78 is 53.9. The fourth-order valence-corrected chi connectivity index (χ4v) is 3.96. The summed E-state index contributed by atoms with van der Waals surface area (Å²) in [6.07, 6.45) is 5.83. The monoisotopic (exact) mass is 390 g/mol. The van der Waals surface area contributed by atoms with Gasteiger partial charge >= 0.3 is 6.61 Å². The molecule has 0 amide bonds. The highest BCUT2D eigenvalue weighted by molar-refractivity contribution is 6.25. The largest absolute Gasteiger partial charge is 0.432 e. The molecule has 3 nitrogen and oxygen atoms in total. The minimum Gasteiger partial charge on any atom is -0.432 e. The Balaban J connectivity index is 1.52. The van der Waals surface area contributed by atoms with Gasteiger partial charge in [0, 0.05) is 17.0 Å². The molecule has 1 aromatic rings. The van der Waals surface area contributed by atoms with Crippen molar-refractivity contribution in [1.29, 1.82) is 0 Å². The van der Waals surface area contributed by atoms with E-state index in [1.165, 1.54) is 12.1 Å². The lowest BCUT2D eigenvalue weighted by molar-refractivity contribution is -0.214. The fraction of sp³-hybridized carbons (Fsp3) is 0.579. The van der Waals surface area contributed by atoms with Gasteiger partial charge in [-0.25, -0.2) is 4.39 Å². The maximum Gasteiger partial charge on any atom is 0.387 e. The van der Waals surface area contributed by atoms with Gasteiger partial charge in [-0.2, -0.15) is 8.78 Å². The Kier molecular flexibility index (Phi) is 6.84. The predicted molar refractivity (Wildman–Crippen MR) is 91.6 cm³/mol. The summed E-state index contributed by atoms with van der Waals surface area (Å²) in [6.45, 7) is -1.97. The molecule has 0 unspecified atom stereocenters. The van der Waals surface area contributed by atoms with E-state index in [1.807, 2.05) is 0 Å². The molecule has 2 fully saturated rings. The third-order valence-electron chi connectivity index (χ3n) is 5.20. The third-order valence-corrected chi connectivity index (χ3v) is 5.34. The van der Waals surface area contributed by atoms with Crippen molar-refractivity contribution in [2.75, 3.05) is 13.2 Å². The van der Waals surface area contributed by atoms with E-state index in [0.29, 0.717) is 36.5 Å². The van der Waals surface area contributed by atoms with Crippen LogP contribution in [0.4, 0.5) is 13.2 Å².